The molecule has 0 aliphatic heterocycles. The van der Waals surface area contributed by atoms with Crippen molar-refractivity contribution in [3.63, 3.8) is 0 Å². The van der Waals surface area contributed by atoms with E-state index in [1.807, 2.05) is 74.8 Å². The van der Waals surface area contributed by atoms with Gasteiger partial charge < -0.3 is 14.8 Å². The number of nitrogens with one attached hydrogen (secondary N) is 1. The first-order chi connectivity index (χ1) is 14.5. The number of benzene rings is 2. The van der Waals surface area contributed by atoms with Crippen molar-refractivity contribution < 1.29 is 14.3 Å². The maximum Gasteiger partial charge on any atom is 0.254 e. The van der Waals surface area contributed by atoms with Gasteiger partial charge in [-0.1, -0.05) is 24.3 Å². The lowest BCUT2D eigenvalue weighted by molar-refractivity contribution is 0.0953. The number of aryl methyl sites for hydroxylation is 1. The molecule has 1 aromatic heterocycles. The molecule has 158 valence electrons. The van der Waals surface area contributed by atoms with Crippen molar-refractivity contribution in [1.29, 1.82) is 0 Å². The van der Waals surface area contributed by atoms with E-state index < -0.39 is 0 Å². The van der Waals surface area contributed by atoms with Gasteiger partial charge in [0.25, 0.3) is 5.91 Å². The molecule has 0 saturated heterocycles. The Morgan fingerprint density at radius 2 is 1.77 bits per heavy atom. The van der Waals surface area contributed by atoms with Crippen LogP contribution >= 0.6 is 0 Å². The van der Waals surface area contributed by atoms with E-state index in [2.05, 4.69) is 10.4 Å². The quantitative estimate of drug-likeness (QED) is 0.576. The molecule has 6 nitrogen and oxygen atoms in total. The monoisotopic (exact) mass is 407 g/mol. The number of ether oxygens (including phenoxy) is 2. The smallest absolute Gasteiger partial charge is 0.254 e. The number of rotatable bonds is 9. The highest BCUT2D eigenvalue weighted by Crippen LogP contribution is 2.28. The van der Waals surface area contributed by atoms with Crippen molar-refractivity contribution in [2.24, 2.45) is 0 Å². The van der Waals surface area contributed by atoms with Crippen LogP contribution in [0.3, 0.4) is 0 Å². The maximum atomic E-state index is 12.7. The molecule has 2 aromatic carbocycles. The number of carbonyl (C=O) groups excluding carboxylic acids is 1. The van der Waals surface area contributed by atoms with E-state index in [-0.39, 0.29) is 5.91 Å². The average molecular weight is 408 g/mol. The molecule has 3 aromatic rings. The Morgan fingerprint density at radius 3 is 2.50 bits per heavy atom. The predicted molar refractivity (Wildman–Crippen MR) is 118 cm³/mol. The van der Waals surface area contributed by atoms with Crippen LogP contribution in [0.4, 0.5) is 0 Å². The third-order valence-corrected chi connectivity index (χ3v) is 4.91. The molecule has 3 rings (SSSR count). The lowest BCUT2D eigenvalue weighted by Gasteiger charge is -2.12. The van der Waals surface area contributed by atoms with E-state index in [0.29, 0.717) is 31.7 Å². The fraction of sp³-hybridized carbons (Fsp3) is 0.333. The predicted octanol–water partition coefficient (Wildman–Crippen LogP) is 4.26. The average Bonchev–Trinajstić information content (AvgIpc) is 3.12. The van der Waals surface area contributed by atoms with Gasteiger partial charge in [-0.3, -0.25) is 4.79 Å². The Labute approximate surface area is 177 Å². The zero-order valence-corrected chi connectivity index (χ0v) is 18.1. The van der Waals surface area contributed by atoms with Crippen molar-refractivity contribution in [2.45, 2.75) is 34.1 Å². The van der Waals surface area contributed by atoms with Crippen molar-refractivity contribution in [2.75, 3.05) is 19.8 Å². The number of para-hydroxylation sites is 1. The van der Waals surface area contributed by atoms with Gasteiger partial charge in [0, 0.05) is 6.54 Å². The van der Waals surface area contributed by atoms with Crippen molar-refractivity contribution in [3.05, 3.63) is 71.0 Å². The van der Waals surface area contributed by atoms with Gasteiger partial charge in [-0.25, -0.2) is 4.68 Å². The SMILES string of the molecule is CCOc1ccc(CCNC(=O)c2cnn(-c3ccccc3C)c2C)cc1OCC. The second kappa shape index (κ2) is 9.96. The lowest BCUT2D eigenvalue weighted by Crippen LogP contribution is -2.26. The number of hydrogen-bond acceptors (Lipinski definition) is 4. The minimum Gasteiger partial charge on any atom is -0.490 e. The highest BCUT2D eigenvalue weighted by molar-refractivity contribution is 5.95. The van der Waals surface area contributed by atoms with Crippen LogP contribution in [0.5, 0.6) is 11.5 Å². The molecule has 0 unspecified atom stereocenters. The van der Waals surface area contributed by atoms with Crippen LogP contribution in [0.2, 0.25) is 0 Å². The Bertz CT molecular complexity index is 1010. The Hall–Kier alpha value is -3.28. The van der Waals surface area contributed by atoms with E-state index in [4.69, 9.17) is 9.47 Å². The Kier molecular flexibility index (Phi) is 7.12. The molecule has 0 fully saturated rings. The topological polar surface area (TPSA) is 65.4 Å². The first-order valence-corrected chi connectivity index (χ1v) is 10.3. The van der Waals surface area contributed by atoms with Crippen LogP contribution in [0.15, 0.2) is 48.7 Å². The van der Waals surface area contributed by atoms with Crippen LogP contribution in [0.1, 0.15) is 41.0 Å². The van der Waals surface area contributed by atoms with E-state index >= 15 is 0 Å². The van der Waals surface area contributed by atoms with Crippen LogP contribution in [0.25, 0.3) is 5.69 Å². The molecule has 30 heavy (non-hydrogen) atoms. The first kappa shape index (κ1) is 21.4. The highest BCUT2D eigenvalue weighted by atomic mass is 16.5. The van der Waals surface area contributed by atoms with Crippen molar-refractivity contribution in [3.8, 4) is 17.2 Å². The minimum absolute atomic E-state index is 0.122. The maximum absolute atomic E-state index is 12.7. The largest absolute Gasteiger partial charge is 0.490 e. The number of aromatic nitrogens is 2. The molecule has 0 bridgehead atoms. The summed E-state index contributed by atoms with van der Waals surface area (Å²) in [5.74, 6) is 1.35. The molecule has 1 amide bonds. The number of nitrogens with zero attached hydrogens (tertiary/aromatic N) is 2. The summed E-state index contributed by atoms with van der Waals surface area (Å²) in [5, 5.41) is 7.41. The molecule has 0 atom stereocenters. The number of amides is 1. The molecule has 0 aliphatic rings. The van der Waals surface area contributed by atoms with Crippen LogP contribution < -0.4 is 14.8 Å². The molecule has 0 spiro atoms. The summed E-state index contributed by atoms with van der Waals surface area (Å²) in [6, 6.07) is 13.9. The summed E-state index contributed by atoms with van der Waals surface area (Å²) in [6.07, 6.45) is 2.32. The second-order valence-electron chi connectivity index (χ2n) is 6.99. The van der Waals surface area contributed by atoms with Gasteiger partial charge in [-0.15, -0.1) is 0 Å². The van der Waals surface area contributed by atoms with E-state index in [9.17, 15) is 4.79 Å². The van der Waals surface area contributed by atoms with Gasteiger partial charge >= 0.3 is 0 Å². The van der Waals surface area contributed by atoms with Crippen molar-refractivity contribution in [1.82, 2.24) is 15.1 Å². The van der Waals surface area contributed by atoms with Gasteiger partial charge in [-0.2, -0.15) is 5.10 Å². The summed E-state index contributed by atoms with van der Waals surface area (Å²) in [6.45, 7) is 9.52. The summed E-state index contributed by atoms with van der Waals surface area (Å²) >= 11 is 0. The van der Waals surface area contributed by atoms with Crippen molar-refractivity contribution >= 4 is 5.91 Å². The van der Waals surface area contributed by atoms with Gasteiger partial charge in [0.1, 0.15) is 0 Å². The summed E-state index contributed by atoms with van der Waals surface area (Å²) in [5.41, 5.74) is 4.57. The fourth-order valence-electron chi connectivity index (χ4n) is 3.34. The van der Waals surface area contributed by atoms with Crippen LogP contribution in [0, 0.1) is 13.8 Å². The lowest BCUT2D eigenvalue weighted by atomic mass is 10.1. The van der Waals surface area contributed by atoms with Crippen LogP contribution in [-0.2, 0) is 6.42 Å². The van der Waals surface area contributed by atoms with E-state index in [1.165, 1.54) is 0 Å². The number of carbonyl (C=O) groups is 1. The molecular formula is C24H29N3O3. The minimum atomic E-state index is -0.122. The zero-order valence-electron chi connectivity index (χ0n) is 18.1. The van der Waals surface area contributed by atoms with E-state index in [0.717, 1.165) is 34.0 Å². The fourth-order valence-corrected chi connectivity index (χ4v) is 3.34. The molecule has 0 radical (unpaired) electrons. The standard InChI is InChI=1S/C24H29N3O3/c1-5-29-22-12-11-19(15-23(22)30-6-2)13-14-25-24(28)20-16-26-27(18(20)4)21-10-8-7-9-17(21)3/h7-12,15-16H,5-6,13-14H2,1-4H3,(H,25,28). The molecule has 0 saturated carbocycles. The third-order valence-electron chi connectivity index (χ3n) is 4.91. The van der Waals surface area contributed by atoms with Gasteiger partial charge in [0.05, 0.1) is 36.4 Å². The molecule has 6 heteroatoms. The number of hydrogen-bond donors (Lipinski definition) is 1. The van der Waals surface area contributed by atoms with Crippen LogP contribution in [-0.4, -0.2) is 35.4 Å². The van der Waals surface area contributed by atoms with Gasteiger partial charge in [-0.05, 0) is 63.4 Å². The third kappa shape index (κ3) is 4.82. The molecular weight excluding hydrogens is 378 g/mol. The first-order valence-electron chi connectivity index (χ1n) is 10.3. The molecule has 1 heterocycles. The summed E-state index contributed by atoms with van der Waals surface area (Å²) in [4.78, 5) is 12.7. The molecule has 1 N–H and O–H groups in total. The Morgan fingerprint density at radius 1 is 1.03 bits per heavy atom. The summed E-state index contributed by atoms with van der Waals surface area (Å²) in [7, 11) is 0. The second-order valence-corrected chi connectivity index (χ2v) is 6.99. The Balaban J connectivity index is 1.64. The highest BCUT2D eigenvalue weighted by Gasteiger charge is 2.16. The van der Waals surface area contributed by atoms with Gasteiger partial charge in [0.15, 0.2) is 11.5 Å². The molecule has 0 aliphatic carbocycles. The van der Waals surface area contributed by atoms with E-state index in [1.54, 1.807) is 6.20 Å². The normalized spacial score (nSPS) is 10.7. The summed E-state index contributed by atoms with van der Waals surface area (Å²) < 4.78 is 13.1. The van der Waals surface area contributed by atoms with Gasteiger partial charge in [0.2, 0.25) is 0 Å². The zero-order chi connectivity index (χ0) is 21.5.